The topological polar surface area (TPSA) is 0 Å². The van der Waals surface area contributed by atoms with Gasteiger partial charge in [0, 0.05) is 0 Å². The molecule has 98 valence electrons. The average molecular weight is 250 g/mol. The third-order valence-electron chi connectivity index (χ3n) is 4.09. The summed E-state index contributed by atoms with van der Waals surface area (Å²) in [6, 6.07) is 18.4. The molecule has 0 amide bonds. The summed E-state index contributed by atoms with van der Waals surface area (Å²) in [6.07, 6.45) is 8.73. The molecular formula is C19H22. The van der Waals surface area contributed by atoms with Crippen molar-refractivity contribution in [3.63, 3.8) is 0 Å². The van der Waals surface area contributed by atoms with Crippen LogP contribution in [0.4, 0.5) is 0 Å². The van der Waals surface area contributed by atoms with Crippen molar-refractivity contribution in [3.05, 3.63) is 70.8 Å². The number of fused-ring (bicyclic) bond motifs is 4. The van der Waals surface area contributed by atoms with E-state index >= 15 is 0 Å². The van der Waals surface area contributed by atoms with E-state index in [1.807, 2.05) is 0 Å². The van der Waals surface area contributed by atoms with Crippen LogP contribution in [0.1, 0.15) is 41.5 Å². The number of hydrogen-bond donors (Lipinski definition) is 0. The Hall–Kier alpha value is -1.56. The first-order chi connectivity index (χ1) is 9.40. The summed E-state index contributed by atoms with van der Waals surface area (Å²) in [5.41, 5.74) is 6.05. The quantitative estimate of drug-likeness (QED) is 0.633. The predicted molar refractivity (Wildman–Crippen MR) is 81.6 cm³/mol. The molecule has 1 aliphatic carbocycles. The lowest BCUT2D eigenvalue weighted by Gasteiger charge is -2.05. The van der Waals surface area contributed by atoms with Gasteiger partial charge in [0.2, 0.25) is 0 Å². The molecule has 1 aliphatic rings. The monoisotopic (exact) mass is 250 g/mol. The summed E-state index contributed by atoms with van der Waals surface area (Å²) >= 11 is 0. The first kappa shape index (κ1) is 12.5. The van der Waals surface area contributed by atoms with Crippen molar-refractivity contribution < 1.29 is 0 Å². The number of benzene rings is 2. The molecule has 0 N–H and O–H groups in total. The van der Waals surface area contributed by atoms with Crippen molar-refractivity contribution in [1.82, 2.24) is 0 Å². The van der Waals surface area contributed by atoms with Crippen molar-refractivity contribution in [2.24, 2.45) is 0 Å². The zero-order valence-corrected chi connectivity index (χ0v) is 11.6. The molecule has 0 spiro atoms. The number of aryl methyl sites for hydroxylation is 4. The van der Waals surface area contributed by atoms with Crippen molar-refractivity contribution in [2.45, 2.75) is 44.9 Å². The molecule has 19 heavy (non-hydrogen) atoms. The second-order valence-corrected chi connectivity index (χ2v) is 5.70. The molecule has 0 fully saturated rings. The highest BCUT2D eigenvalue weighted by molar-refractivity contribution is 5.26. The Labute approximate surface area is 116 Å². The fourth-order valence-electron chi connectivity index (χ4n) is 3.04. The minimum atomic E-state index is 1.21. The molecular weight excluding hydrogens is 228 g/mol. The molecule has 3 rings (SSSR count). The summed E-state index contributed by atoms with van der Waals surface area (Å²) < 4.78 is 0. The van der Waals surface area contributed by atoms with Gasteiger partial charge in [-0.05, 0) is 67.2 Å². The van der Waals surface area contributed by atoms with Crippen LogP contribution in [-0.2, 0) is 25.7 Å². The highest BCUT2D eigenvalue weighted by atomic mass is 14.1. The molecule has 0 heterocycles. The summed E-state index contributed by atoms with van der Waals surface area (Å²) in [7, 11) is 0. The third kappa shape index (κ3) is 3.47. The Bertz CT molecular complexity index is 490. The molecule has 0 heteroatoms. The van der Waals surface area contributed by atoms with E-state index in [2.05, 4.69) is 48.5 Å². The molecule has 0 nitrogen and oxygen atoms in total. The van der Waals surface area contributed by atoms with Crippen LogP contribution in [-0.4, -0.2) is 0 Å². The molecule has 0 radical (unpaired) electrons. The molecule has 4 bridgehead atoms. The molecule has 0 atom stereocenters. The average Bonchev–Trinajstić information content (AvgIpc) is 2.45. The van der Waals surface area contributed by atoms with Gasteiger partial charge >= 0.3 is 0 Å². The maximum atomic E-state index is 2.41. The SMILES string of the molecule is c1cc2cc(c1)CCCc1cccc(c1)CCCC2. The van der Waals surface area contributed by atoms with E-state index in [1.54, 1.807) is 0 Å². The van der Waals surface area contributed by atoms with Crippen molar-refractivity contribution >= 4 is 0 Å². The van der Waals surface area contributed by atoms with Gasteiger partial charge in [-0.1, -0.05) is 48.5 Å². The van der Waals surface area contributed by atoms with Gasteiger partial charge < -0.3 is 0 Å². The summed E-state index contributed by atoms with van der Waals surface area (Å²) in [5.74, 6) is 0. The first-order valence-electron chi connectivity index (χ1n) is 7.56. The molecule has 0 unspecified atom stereocenters. The van der Waals surface area contributed by atoms with Gasteiger partial charge in [0.15, 0.2) is 0 Å². The van der Waals surface area contributed by atoms with E-state index in [-0.39, 0.29) is 0 Å². The Kier molecular flexibility index (Phi) is 3.98. The van der Waals surface area contributed by atoms with Crippen LogP contribution in [0.15, 0.2) is 48.5 Å². The van der Waals surface area contributed by atoms with E-state index in [9.17, 15) is 0 Å². The van der Waals surface area contributed by atoms with Crippen molar-refractivity contribution in [1.29, 1.82) is 0 Å². The lowest BCUT2D eigenvalue weighted by molar-refractivity contribution is 0.734. The van der Waals surface area contributed by atoms with Crippen LogP contribution in [0, 0.1) is 0 Å². The largest absolute Gasteiger partial charge is 0.0617 e. The molecule has 2 aromatic carbocycles. The number of rotatable bonds is 0. The van der Waals surface area contributed by atoms with Crippen molar-refractivity contribution in [2.75, 3.05) is 0 Å². The van der Waals surface area contributed by atoms with E-state index in [1.165, 1.54) is 67.2 Å². The summed E-state index contributed by atoms with van der Waals surface area (Å²) in [6.45, 7) is 0. The standard InChI is InChI=1S/C19H22/c1-2-7-17-9-4-11-19(15-17)13-5-12-18-10-3-8-16(6-1)14-18/h3-4,8-11,14-15H,1-2,5-7,12-13H2. The maximum Gasteiger partial charge on any atom is -0.0276 e. The first-order valence-corrected chi connectivity index (χ1v) is 7.56. The second-order valence-electron chi connectivity index (χ2n) is 5.70. The Morgan fingerprint density at radius 2 is 0.842 bits per heavy atom. The Morgan fingerprint density at radius 1 is 0.474 bits per heavy atom. The fourth-order valence-corrected chi connectivity index (χ4v) is 3.04. The summed E-state index contributed by atoms with van der Waals surface area (Å²) in [5, 5.41) is 0. The lowest BCUT2D eigenvalue weighted by atomic mass is 10.0. The molecule has 2 aromatic rings. The van der Waals surface area contributed by atoms with Gasteiger partial charge in [0.25, 0.3) is 0 Å². The van der Waals surface area contributed by atoms with Gasteiger partial charge in [-0.25, -0.2) is 0 Å². The number of hydrogen-bond acceptors (Lipinski definition) is 0. The van der Waals surface area contributed by atoms with E-state index < -0.39 is 0 Å². The lowest BCUT2D eigenvalue weighted by Crippen LogP contribution is -1.92. The van der Waals surface area contributed by atoms with Gasteiger partial charge in [-0.2, -0.15) is 0 Å². The van der Waals surface area contributed by atoms with Gasteiger partial charge in [0.1, 0.15) is 0 Å². The predicted octanol–water partition coefficient (Wildman–Crippen LogP) is 4.74. The highest BCUT2D eigenvalue weighted by Crippen LogP contribution is 2.16. The van der Waals surface area contributed by atoms with E-state index in [4.69, 9.17) is 0 Å². The van der Waals surface area contributed by atoms with E-state index in [0.29, 0.717) is 0 Å². The van der Waals surface area contributed by atoms with Gasteiger partial charge in [0.05, 0.1) is 0 Å². The third-order valence-corrected chi connectivity index (χ3v) is 4.09. The van der Waals surface area contributed by atoms with Gasteiger partial charge in [-0.3, -0.25) is 0 Å². The molecule has 0 saturated carbocycles. The maximum absolute atomic E-state index is 2.41. The Morgan fingerprint density at radius 3 is 1.26 bits per heavy atom. The molecule has 0 aliphatic heterocycles. The van der Waals surface area contributed by atoms with Crippen LogP contribution in [0.25, 0.3) is 0 Å². The molecule has 0 saturated heterocycles. The van der Waals surface area contributed by atoms with Crippen molar-refractivity contribution in [3.8, 4) is 0 Å². The fraction of sp³-hybridized carbons (Fsp3) is 0.368. The smallest absolute Gasteiger partial charge is 0.0276 e. The summed E-state index contributed by atoms with van der Waals surface area (Å²) in [4.78, 5) is 0. The minimum absolute atomic E-state index is 1.21. The van der Waals surface area contributed by atoms with Crippen LogP contribution in [0.3, 0.4) is 0 Å². The minimum Gasteiger partial charge on any atom is -0.0617 e. The van der Waals surface area contributed by atoms with E-state index in [0.717, 1.165) is 0 Å². The molecule has 0 aromatic heterocycles. The van der Waals surface area contributed by atoms with Crippen LogP contribution >= 0.6 is 0 Å². The second kappa shape index (κ2) is 6.06. The zero-order chi connectivity index (χ0) is 12.9. The normalized spacial score (nSPS) is 16.0. The van der Waals surface area contributed by atoms with Crippen LogP contribution in [0.2, 0.25) is 0 Å². The van der Waals surface area contributed by atoms with Crippen LogP contribution < -0.4 is 0 Å². The Balaban J connectivity index is 1.80. The zero-order valence-electron chi connectivity index (χ0n) is 11.6. The van der Waals surface area contributed by atoms with Gasteiger partial charge in [-0.15, -0.1) is 0 Å². The van der Waals surface area contributed by atoms with Crippen LogP contribution in [0.5, 0.6) is 0 Å². The highest BCUT2D eigenvalue weighted by Gasteiger charge is 2.02.